The summed E-state index contributed by atoms with van der Waals surface area (Å²) in [4.78, 5) is 21.8. The van der Waals surface area contributed by atoms with Gasteiger partial charge in [-0.1, -0.05) is 0 Å². The molecule has 134 valence electrons. The third kappa shape index (κ3) is 3.98. The van der Waals surface area contributed by atoms with Crippen LogP contribution in [0.5, 0.6) is 23.0 Å². The molecule has 2 aromatic carbocycles. The zero-order valence-corrected chi connectivity index (χ0v) is 13.2. The first-order valence-electron chi connectivity index (χ1n) is 7.34. The second-order valence-electron chi connectivity index (χ2n) is 5.10. The molecular formula is C16H13N3O7. The molecule has 26 heavy (non-hydrogen) atoms. The van der Waals surface area contributed by atoms with Crippen molar-refractivity contribution >= 4 is 17.8 Å². The van der Waals surface area contributed by atoms with Crippen LogP contribution in [0.25, 0.3) is 0 Å². The Morgan fingerprint density at radius 2 is 2.12 bits per heavy atom. The maximum Gasteiger partial charge on any atom is 0.277 e. The molecule has 0 atom stereocenters. The topological polar surface area (TPSA) is 133 Å². The minimum Gasteiger partial charge on any atom is -0.507 e. The summed E-state index contributed by atoms with van der Waals surface area (Å²) in [6.45, 7) is -0.170. The van der Waals surface area contributed by atoms with Gasteiger partial charge in [-0.05, 0) is 18.2 Å². The number of nitrogens with zero attached hydrogens (tertiary/aromatic N) is 2. The molecule has 1 heterocycles. The van der Waals surface area contributed by atoms with E-state index in [4.69, 9.17) is 14.2 Å². The van der Waals surface area contributed by atoms with Gasteiger partial charge in [-0.15, -0.1) is 0 Å². The van der Waals surface area contributed by atoms with Crippen molar-refractivity contribution in [3.63, 3.8) is 0 Å². The van der Waals surface area contributed by atoms with Crippen molar-refractivity contribution < 1.29 is 29.0 Å². The van der Waals surface area contributed by atoms with Crippen LogP contribution in [0.2, 0.25) is 0 Å². The van der Waals surface area contributed by atoms with Crippen LogP contribution in [0.4, 0.5) is 5.69 Å². The average Bonchev–Trinajstić information content (AvgIpc) is 3.09. The average molecular weight is 359 g/mol. The molecule has 1 amide bonds. The van der Waals surface area contributed by atoms with Crippen LogP contribution >= 0.6 is 0 Å². The van der Waals surface area contributed by atoms with E-state index in [1.54, 1.807) is 18.2 Å². The first-order chi connectivity index (χ1) is 12.5. The Kier molecular flexibility index (Phi) is 4.83. The summed E-state index contributed by atoms with van der Waals surface area (Å²) in [6, 6.07) is 8.35. The lowest BCUT2D eigenvalue weighted by Gasteiger charge is -2.05. The number of nitro groups is 1. The molecule has 0 saturated heterocycles. The SMILES string of the molecule is O=C(COc1ccc2c(c1)OCO2)N/N=C/c1cc([N+](=O)[O-])ccc1O. The Bertz CT molecular complexity index is 882. The zero-order valence-electron chi connectivity index (χ0n) is 13.2. The predicted octanol–water partition coefficient (Wildman–Crippen LogP) is 1.56. The number of fused-ring (bicyclic) bond motifs is 1. The van der Waals surface area contributed by atoms with E-state index >= 15 is 0 Å². The highest BCUT2D eigenvalue weighted by molar-refractivity contribution is 5.86. The predicted molar refractivity (Wildman–Crippen MR) is 88.6 cm³/mol. The van der Waals surface area contributed by atoms with E-state index in [0.29, 0.717) is 17.2 Å². The summed E-state index contributed by atoms with van der Waals surface area (Å²) in [5.74, 6) is 0.795. The molecule has 0 aromatic heterocycles. The number of carbonyl (C=O) groups is 1. The van der Waals surface area contributed by atoms with E-state index in [2.05, 4.69) is 10.5 Å². The Hall–Kier alpha value is -3.82. The van der Waals surface area contributed by atoms with Crippen molar-refractivity contribution in [3.8, 4) is 23.0 Å². The Labute approximate surface area is 146 Å². The summed E-state index contributed by atoms with van der Waals surface area (Å²) in [6.07, 6.45) is 1.10. The van der Waals surface area contributed by atoms with Gasteiger partial charge in [0.05, 0.1) is 11.1 Å². The lowest BCUT2D eigenvalue weighted by molar-refractivity contribution is -0.384. The van der Waals surface area contributed by atoms with E-state index in [9.17, 15) is 20.0 Å². The van der Waals surface area contributed by atoms with Crippen LogP contribution in [0.15, 0.2) is 41.5 Å². The Balaban J connectivity index is 1.53. The highest BCUT2D eigenvalue weighted by atomic mass is 16.7. The van der Waals surface area contributed by atoms with Gasteiger partial charge in [-0.25, -0.2) is 5.43 Å². The zero-order chi connectivity index (χ0) is 18.5. The first-order valence-corrected chi connectivity index (χ1v) is 7.34. The molecule has 0 radical (unpaired) electrons. The van der Waals surface area contributed by atoms with Crippen LogP contribution in [-0.4, -0.2) is 35.6 Å². The number of ether oxygens (including phenoxy) is 3. The summed E-state index contributed by atoms with van der Waals surface area (Å²) in [7, 11) is 0. The van der Waals surface area contributed by atoms with Gasteiger partial charge in [0.15, 0.2) is 18.1 Å². The summed E-state index contributed by atoms with van der Waals surface area (Å²) in [5, 5.41) is 24.0. The van der Waals surface area contributed by atoms with E-state index < -0.39 is 10.8 Å². The van der Waals surface area contributed by atoms with Gasteiger partial charge in [-0.3, -0.25) is 14.9 Å². The number of amides is 1. The molecule has 0 fully saturated rings. The molecule has 0 spiro atoms. The fourth-order valence-electron chi connectivity index (χ4n) is 2.08. The second-order valence-corrected chi connectivity index (χ2v) is 5.10. The molecule has 1 aliphatic rings. The number of rotatable bonds is 6. The van der Waals surface area contributed by atoms with Crippen molar-refractivity contribution in [2.75, 3.05) is 13.4 Å². The smallest absolute Gasteiger partial charge is 0.277 e. The van der Waals surface area contributed by atoms with Gasteiger partial charge >= 0.3 is 0 Å². The van der Waals surface area contributed by atoms with E-state index in [1.165, 1.54) is 6.07 Å². The van der Waals surface area contributed by atoms with Crippen molar-refractivity contribution in [1.82, 2.24) is 5.43 Å². The number of hydrazone groups is 1. The van der Waals surface area contributed by atoms with Crippen molar-refractivity contribution in [3.05, 3.63) is 52.1 Å². The van der Waals surface area contributed by atoms with E-state index in [0.717, 1.165) is 18.3 Å². The Morgan fingerprint density at radius 3 is 2.92 bits per heavy atom. The third-order valence-electron chi connectivity index (χ3n) is 3.33. The van der Waals surface area contributed by atoms with Gasteiger partial charge in [0.1, 0.15) is 11.5 Å². The fourth-order valence-corrected chi connectivity index (χ4v) is 2.08. The normalized spacial score (nSPS) is 12.2. The lowest BCUT2D eigenvalue weighted by Crippen LogP contribution is -2.24. The van der Waals surface area contributed by atoms with Crippen molar-refractivity contribution in [2.45, 2.75) is 0 Å². The van der Waals surface area contributed by atoms with Gasteiger partial charge in [0, 0.05) is 23.8 Å². The minimum atomic E-state index is -0.603. The van der Waals surface area contributed by atoms with Gasteiger partial charge < -0.3 is 19.3 Å². The number of hydrogen-bond acceptors (Lipinski definition) is 8. The molecule has 0 unspecified atom stereocenters. The highest BCUT2D eigenvalue weighted by Crippen LogP contribution is 2.35. The van der Waals surface area contributed by atoms with Gasteiger partial charge in [0.25, 0.3) is 11.6 Å². The number of phenolic OH excluding ortho intramolecular Hbond substituents is 1. The van der Waals surface area contributed by atoms with Crippen LogP contribution in [0.3, 0.4) is 0 Å². The van der Waals surface area contributed by atoms with Gasteiger partial charge in [-0.2, -0.15) is 5.10 Å². The van der Waals surface area contributed by atoms with Gasteiger partial charge in [0.2, 0.25) is 6.79 Å². The summed E-state index contributed by atoms with van der Waals surface area (Å²) >= 11 is 0. The fraction of sp³-hybridized carbons (Fsp3) is 0.125. The molecule has 10 heteroatoms. The monoisotopic (exact) mass is 359 g/mol. The molecule has 0 aliphatic carbocycles. The van der Waals surface area contributed by atoms with Crippen LogP contribution in [0.1, 0.15) is 5.56 Å². The molecule has 1 aliphatic heterocycles. The largest absolute Gasteiger partial charge is 0.507 e. The molecule has 3 rings (SSSR count). The minimum absolute atomic E-state index is 0.0937. The second kappa shape index (κ2) is 7.38. The molecular weight excluding hydrogens is 346 g/mol. The number of nitrogens with one attached hydrogen (secondary N) is 1. The third-order valence-corrected chi connectivity index (χ3v) is 3.33. The standard InChI is InChI=1S/C16H13N3O7/c20-13-3-1-11(19(22)23)5-10(13)7-17-18-16(21)8-24-12-2-4-14-15(6-12)26-9-25-14/h1-7,20H,8-9H2,(H,18,21)/b17-7+. The number of non-ortho nitro benzene ring substituents is 1. The summed E-state index contributed by atoms with van der Waals surface area (Å²) < 4.78 is 15.7. The van der Waals surface area contributed by atoms with Crippen molar-refractivity contribution in [2.24, 2.45) is 5.10 Å². The highest BCUT2D eigenvalue weighted by Gasteiger charge is 2.14. The Morgan fingerprint density at radius 1 is 1.31 bits per heavy atom. The number of nitro benzene ring substituents is 1. The van der Waals surface area contributed by atoms with E-state index in [-0.39, 0.29) is 30.4 Å². The first kappa shape index (κ1) is 17.0. The maximum absolute atomic E-state index is 11.7. The number of phenols is 1. The maximum atomic E-state index is 11.7. The molecule has 2 N–H and O–H groups in total. The molecule has 0 bridgehead atoms. The number of aromatic hydroxyl groups is 1. The molecule has 2 aromatic rings. The van der Waals surface area contributed by atoms with Crippen LogP contribution in [-0.2, 0) is 4.79 Å². The number of benzene rings is 2. The number of carbonyl (C=O) groups excluding carboxylic acids is 1. The van der Waals surface area contributed by atoms with Crippen molar-refractivity contribution in [1.29, 1.82) is 0 Å². The van der Waals surface area contributed by atoms with Crippen LogP contribution in [0, 0.1) is 10.1 Å². The van der Waals surface area contributed by atoms with Crippen LogP contribution < -0.4 is 19.6 Å². The molecule has 0 saturated carbocycles. The quantitative estimate of drug-likeness (QED) is 0.454. The van der Waals surface area contributed by atoms with E-state index in [1.807, 2.05) is 0 Å². The molecule has 10 nitrogen and oxygen atoms in total. The number of hydrogen-bond donors (Lipinski definition) is 2. The summed E-state index contributed by atoms with van der Waals surface area (Å²) in [5.41, 5.74) is 2.09. The lowest BCUT2D eigenvalue weighted by atomic mass is 10.2.